The van der Waals surface area contributed by atoms with Crippen molar-refractivity contribution in [3.05, 3.63) is 71.0 Å². The van der Waals surface area contributed by atoms with Crippen LogP contribution in [-0.4, -0.2) is 23.0 Å². The first-order valence-corrected chi connectivity index (χ1v) is 9.39. The molecule has 0 radical (unpaired) electrons. The summed E-state index contributed by atoms with van der Waals surface area (Å²) in [4.78, 5) is 36.3. The standard InChI is InChI=1S/C20H18FN3O3S/c1-12-2-6-14(7-3-12)23-18(26)11-19-24-20(27)16(28-19)10-17(25)22-15-8-4-13(21)5-9-15/h2-9,11,16H,10H2,1H3,(H,22,25)(H,23,26)(H,24,27)/b19-11+/t16-/m0/s1. The summed E-state index contributed by atoms with van der Waals surface area (Å²) in [5.41, 5.74) is 2.18. The summed E-state index contributed by atoms with van der Waals surface area (Å²) in [6.45, 7) is 1.95. The molecule has 0 saturated carbocycles. The Morgan fingerprint density at radius 2 is 1.68 bits per heavy atom. The van der Waals surface area contributed by atoms with Crippen LogP contribution in [0.15, 0.2) is 59.6 Å². The van der Waals surface area contributed by atoms with E-state index >= 15 is 0 Å². The molecule has 3 N–H and O–H groups in total. The normalized spacial score (nSPS) is 17.3. The lowest BCUT2D eigenvalue weighted by atomic mass is 10.2. The number of rotatable bonds is 5. The van der Waals surface area contributed by atoms with Gasteiger partial charge in [0.25, 0.3) is 5.91 Å². The summed E-state index contributed by atoms with van der Waals surface area (Å²) in [6, 6.07) is 12.7. The Balaban J connectivity index is 1.54. The van der Waals surface area contributed by atoms with E-state index in [0.717, 1.165) is 17.3 Å². The first-order chi connectivity index (χ1) is 13.4. The Hall–Kier alpha value is -3.13. The first-order valence-electron chi connectivity index (χ1n) is 8.51. The molecule has 2 aromatic rings. The summed E-state index contributed by atoms with van der Waals surface area (Å²) in [7, 11) is 0. The molecular weight excluding hydrogens is 381 g/mol. The third-order valence-electron chi connectivity index (χ3n) is 3.89. The SMILES string of the molecule is Cc1ccc(NC(=O)/C=C2\NC(=O)[C@H](CC(=O)Nc3ccc(F)cc3)S2)cc1. The van der Waals surface area contributed by atoms with Crippen LogP contribution in [0.25, 0.3) is 0 Å². The van der Waals surface area contributed by atoms with Crippen molar-refractivity contribution in [2.24, 2.45) is 0 Å². The van der Waals surface area contributed by atoms with Crippen LogP contribution < -0.4 is 16.0 Å². The van der Waals surface area contributed by atoms with Crippen LogP contribution in [0.2, 0.25) is 0 Å². The number of hydrogen-bond donors (Lipinski definition) is 3. The van der Waals surface area contributed by atoms with Gasteiger partial charge in [-0.15, -0.1) is 0 Å². The molecule has 6 nitrogen and oxygen atoms in total. The fourth-order valence-corrected chi connectivity index (χ4v) is 3.53. The number of carbonyl (C=O) groups is 3. The Bertz CT molecular complexity index is 927. The fraction of sp³-hybridized carbons (Fsp3) is 0.150. The molecule has 1 saturated heterocycles. The first kappa shape index (κ1) is 19.6. The number of aryl methyl sites for hydroxylation is 1. The second-order valence-corrected chi connectivity index (χ2v) is 7.46. The monoisotopic (exact) mass is 399 g/mol. The van der Waals surface area contributed by atoms with Crippen molar-refractivity contribution >= 4 is 40.9 Å². The highest BCUT2D eigenvalue weighted by Crippen LogP contribution is 2.29. The molecule has 1 aliphatic rings. The summed E-state index contributed by atoms with van der Waals surface area (Å²) >= 11 is 1.12. The third kappa shape index (κ3) is 5.43. The average molecular weight is 399 g/mol. The summed E-state index contributed by atoms with van der Waals surface area (Å²) < 4.78 is 12.9. The maximum absolute atomic E-state index is 12.9. The molecular formula is C20H18FN3O3S. The van der Waals surface area contributed by atoms with E-state index in [2.05, 4.69) is 16.0 Å². The van der Waals surface area contributed by atoms with Gasteiger partial charge in [0.1, 0.15) is 5.82 Å². The van der Waals surface area contributed by atoms with E-state index in [4.69, 9.17) is 0 Å². The molecule has 1 heterocycles. The molecule has 3 rings (SSSR count). The average Bonchev–Trinajstić information content (AvgIpc) is 2.97. The van der Waals surface area contributed by atoms with Gasteiger partial charge >= 0.3 is 0 Å². The molecule has 1 atom stereocenters. The second-order valence-electron chi connectivity index (χ2n) is 6.22. The van der Waals surface area contributed by atoms with E-state index in [1.54, 1.807) is 12.1 Å². The number of benzene rings is 2. The van der Waals surface area contributed by atoms with Gasteiger partial charge in [-0.25, -0.2) is 4.39 Å². The van der Waals surface area contributed by atoms with Crippen LogP contribution >= 0.6 is 11.8 Å². The van der Waals surface area contributed by atoms with E-state index in [1.807, 2.05) is 19.1 Å². The molecule has 3 amide bonds. The summed E-state index contributed by atoms with van der Waals surface area (Å²) in [6.07, 6.45) is 1.23. The topological polar surface area (TPSA) is 87.3 Å². The predicted molar refractivity (Wildman–Crippen MR) is 107 cm³/mol. The lowest BCUT2D eigenvalue weighted by molar-refractivity contribution is -0.122. The van der Waals surface area contributed by atoms with Gasteiger partial charge in [0.15, 0.2) is 0 Å². The van der Waals surface area contributed by atoms with E-state index in [1.165, 1.54) is 30.3 Å². The lowest BCUT2D eigenvalue weighted by Gasteiger charge is -2.07. The van der Waals surface area contributed by atoms with Crippen LogP contribution in [-0.2, 0) is 14.4 Å². The number of amides is 3. The molecule has 1 aliphatic heterocycles. The van der Waals surface area contributed by atoms with Crippen molar-refractivity contribution in [2.45, 2.75) is 18.6 Å². The Morgan fingerprint density at radius 3 is 2.36 bits per heavy atom. The highest BCUT2D eigenvalue weighted by Gasteiger charge is 2.31. The molecule has 0 unspecified atom stereocenters. The van der Waals surface area contributed by atoms with Gasteiger partial charge < -0.3 is 16.0 Å². The smallest absolute Gasteiger partial charge is 0.250 e. The van der Waals surface area contributed by atoms with E-state index in [0.29, 0.717) is 16.4 Å². The maximum Gasteiger partial charge on any atom is 0.250 e. The molecule has 144 valence electrons. The largest absolute Gasteiger partial charge is 0.326 e. The van der Waals surface area contributed by atoms with Crippen molar-refractivity contribution in [3.63, 3.8) is 0 Å². The highest BCUT2D eigenvalue weighted by atomic mass is 32.2. The van der Waals surface area contributed by atoms with Crippen LogP contribution in [0.4, 0.5) is 15.8 Å². The molecule has 0 spiro atoms. The van der Waals surface area contributed by atoms with E-state index in [9.17, 15) is 18.8 Å². The van der Waals surface area contributed by atoms with Crippen molar-refractivity contribution in [1.82, 2.24) is 5.32 Å². The zero-order valence-electron chi connectivity index (χ0n) is 15.0. The van der Waals surface area contributed by atoms with E-state index < -0.39 is 11.1 Å². The van der Waals surface area contributed by atoms with Crippen molar-refractivity contribution in [3.8, 4) is 0 Å². The summed E-state index contributed by atoms with van der Waals surface area (Å²) in [5, 5.41) is 7.67. The number of hydrogen-bond acceptors (Lipinski definition) is 4. The summed E-state index contributed by atoms with van der Waals surface area (Å²) in [5.74, 6) is -1.48. The Labute approximate surface area is 165 Å². The van der Waals surface area contributed by atoms with Crippen LogP contribution in [0, 0.1) is 12.7 Å². The molecule has 0 aromatic heterocycles. The van der Waals surface area contributed by atoms with Crippen molar-refractivity contribution in [2.75, 3.05) is 10.6 Å². The van der Waals surface area contributed by atoms with Gasteiger partial charge in [-0.05, 0) is 43.3 Å². The molecule has 0 bridgehead atoms. The minimum Gasteiger partial charge on any atom is -0.326 e. The lowest BCUT2D eigenvalue weighted by Crippen LogP contribution is -2.26. The number of halogens is 1. The minimum atomic E-state index is -0.640. The van der Waals surface area contributed by atoms with Gasteiger partial charge in [0.2, 0.25) is 11.8 Å². The van der Waals surface area contributed by atoms with Gasteiger partial charge in [0, 0.05) is 23.9 Å². The third-order valence-corrected chi connectivity index (χ3v) is 5.03. The number of nitrogens with one attached hydrogen (secondary N) is 3. The van der Waals surface area contributed by atoms with Crippen LogP contribution in [0.5, 0.6) is 0 Å². The van der Waals surface area contributed by atoms with Gasteiger partial charge in [-0.2, -0.15) is 0 Å². The molecule has 2 aromatic carbocycles. The van der Waals surface area contributed by atoms with Gasteiger partial charge in [-0.1, -0.05) is 29.5 Å². The fourth-order valence-electron chi connectivity index (χ4n) is 2.49. The van der Waals surface area contributed by atoms with Crippen molar-refractivity contribution in [1.29, 1.82) is 0 Å². The predicted octanol–water partition coefficient (Wildman–Crippen LogP) is 3.17. The molecule has 8 heteroatoms. The highest BCUT2D eigenvalue weighted by molar-refractivity contribution is 8.04. The quantitative estimate of drug-likeness (QED) is 0.674. The zero-order chi connectivity index (χ0) is 20.1. The Morgan fingerprint density at radius 1 is 1.07 bits per heavy atom. The van der Waals surface area contributed by atoms with Gasteiger partial charge in [0.05, 0.1) is 10.3 Å². The molecule has 1 fully saturated rings. The Kier molecular flexibility index (Phi) is 6.10. The van der Waals surface area contributed by atoms with E-state index in [-0.39, 0.29) is 24.1 Å². The van der Waals surface area contributed by atoms with Crippen molar-refractivity contribution < 1.29 is 18.8 Å². The number of thioether (sulfide) groups is 1. The number of carbonyl (C=O) groups excluding carboxylic acids is 3. The number of anilines is 2. The maximum atomic E-state index is 12.9. The second kappa shape index (κ2) is 8.71. The minimum absolute atomic E-state index is 0.0647. The van der Waals surface area contributed by atoms with Crippen LogP contribution in [0.1, 0.15) is 12.0 Å². The van der Waals surface area contributed by atoms with Crippen LogP contribution in [0.3, 0.4) is 0 Å². The molecule has 28 heavy (non-hydrogen) atoms. The zero-order valence-corrected chi connectivity index (χ0v) is 15.8. The molecule has 0 aliphatic carbocycles. The van der Waals surface area contributed by atoms with Gasteiger partial charge in [-0.3, -0.25) is 14.4 Å².